The topological polar surface area (TPSA) is 12.0 Å². The number of hydrogen-bond acceptors (Lipinski definition) is 1. The highest BCUT2D eigenvalue weighted by Gasteiger charge is 2.27. The maximum absolute atomic E-state index is 3.76. The fourth-order valence-corrected chi connectivity index (χ4v) is 3.60. The van der Waals surface area contributed by atoms with E-state index in [4.69, 9.17) is 0 Å². The minimum Gasteiger partial charge on any atom is -0.313 e. The molecule has 1 aromatic carbocycles. The molecule has 0 saturated carbocycles. The van der Waals surface area contributed by atoms with Crippen LogP contribution in [0.5, 0.6) is 0 Å². The molecule has 1 nitrogen and oxygen atoms in total. The number of benzene rings is 1. The first-order valence-electron chi connectivity index (χ1n) is 7.26. The molecule has 1 aliphatic heterocycles. The first-order valence-corrected chi connectivity index (χ1v) is 7.26. The molecule has 0 spiro atoms. The smallest absolute Gasteiger partial charge is 0.0136 e. The lowest BCUT2D eigenvalue weighted by atomic mass is 9.83. The summed E-state index contributed by atoms with van der Waals surface area (Å²) in [6.07, 6.45) is 9.60. The molecule has 0 aromatic heterocycles. The summed E-state index contributed by atoms with van der Waals surface area (Å²) in [6, 6.07) is 9.89. The maximum Gasteiger partial charge on any atom is 0.0136 e. The van der Waals surface area contributed by atoms with Gasteiger partial charge in [-0.15, -0.1) is 0 Å². The van der Waals surface area contributed by atoms with Gasteiger partial charge in [0.15, 0.2) is 0 Å². The Kier molecular flexibility index (Phi) is 3.46. The second kappa shape index (κ2) is 5.22. The van der Waals surface area contributed by atoms with Crippen molar-refractivity contribution in [1.29, 1.82) is 0 Å². The van der Waals surface area contributed by atoms with Crippen LogP contribution in [-0.2, 0) is 6.42 Å². The predicted octanol–water partition coefficient (Wildman–Crippen LogP) is 3.64. The van der Waals surface area contributed by atoms with E-state index in [9.17, 15) is 0 Å². The Bertz CT molecular complexity index is 366. The predicted molar refractivity (Wildman–Crippen MR) is 72.4 cm³/mol. The summed E-state index contributed by atoms with van der Waals surface area (Å²) in [4.78, 5) is 0. The Balaban J connectivity index is 1.88. The first-order chi connectivity index (χ1) is 8.45. The summed E-state index contributed by atoms with van der Waals surface area (Å²) < 4.78 is 0. The zero-order chi connectivity index (χ0) is 11.5. The van der Waals surface area contributed by atoms with Gasteiger partial charge in [-0.3, -0.25) is 0 Å². The van der Waals surface area contributed by atoms with E-state index in [0.29, 0.717) is 0 Å². The quantitative estimate of drug-likeness (QED) is 0.725. The molecule has 1 aliphatic carbocycles. The molecule has 0 amide bonds. The van der Waals surface area contributed by atoms with Crippen molar-refractivity contribution in [3.63, 3.8) is 0 Å². The molecule has 2 aliphatic rings. The van der Waals surface area contributed by atoms with E-state index in [0.717, 1.165) is 12.0 Å². The van der Waals surface area contributed by atoms with Gasteiger partial charge in [0, 0.05) is 6.04 Å². The van der Waals surface area contributed by atoms with Gasteiger partial charge < -0.3 is 5.32 Å². The molecule has 92 valence electrons. The van der Waals surface area contributed by atoms with Gasteiger partial charge in [-0.1, -0.05) is 37.1 Å². The van der Waals surface area contributed by atoms with Gasteiger partial charge in [-0.05, 0) is 55.7 Å². The van der Waals surface area contributed by atoms with Crippen LogP contribution in [0, 0.1) is 0 Å². The van der Waals surface area contributed by atoms with Gasteiger partial charge in [0.2, 0.25) is 0 Å². The van der Waals surface area contributed by atoms with Gasteiger partial charge in [0.05, 0.1) is 0 Å². The minimum absolute atomic E-state index is 0.739. The fourth-order valence-electron chi connectivity index (χ4n) is 3.60. The zero-order valence-electron chi connectivity index (χ0n) is 10.6. The molecule has 0 bridgehead atoms. The molecule has 1 aromatic rings. The standard InChI is InChI=1S/C16H23N/c1-3-9-14-13(7-1)8-2-4-10-15(14)16-11-5-6-12-17-16/h1,3,7,9,15-17H,2,4-6,8,10-12H2/t15-,16+/m1/s1. The van der Waals surface area contributed by atoms with E-state index < -0.39 is 0 Å². The van der Waals surface area contributed by atoms with Crippen LogP contribution in [0.15, 0.2) is 24.3 Å². The molecule has 3 rings (SSSR count). The van der Waals surface area contributed by atoms with E-state index >= 15 is 0 Å². The Labute approximate surface area is 105 Å². The fraction of sp³-hybridized carbons (Fsp3) is 0.625. The zero-order valence-corrected chi connectivity index (χ0v) is 10.6. The third-order valence-electron chi connectivity index (χ3n) is 4.50. The monoisotopic (exact) mass is 229 g/mol. The molecule has 1 heteroatoms. The SMILES string of the molecule is c1ccc2c(c1)CCCC[C@H]2[C@@H]1CCCCN1. The summed E-state index contributed by atoms with van der Waals surface area (Å²) in [7, 11) is 0. The average Bonchev–Trinajstić information content (AvgIpc) is 2.62. The number of fused-ring (bicyclic) bond motifs is 1. The van der Waals surface area contributed by atoms with Crippen LogP contribution in [0.1, 0.15) is 55.6 Å². The molecule has 2 atom stereocenters. The number of aryl methyl sites for hydroxylation is 1. The summed E-state index contributed by atoms with van der Waals surface area (Å²) in [6.45, 7) is 1.23. The second-order valence-electron chi connectivity index (χ2n) is 5.61. The molecule has 1 N–H and O–H groups in total. The average molecular weight is 229 g/mol. The molecular weight excluding hydrogens is 206 g/mol. The van der Waals surface area contributed by atoms with E-state index in [1.807, 2.05) is 0 Å². The Morgan fingerprint density at radius 2 is 1.82 bits per heavy atom. The van der Waals surface area contributed by atoms with E-state index in [2.05, 4.69) is 29.6 Å². The van der Waals surface area contributed by atoms with Crippen molar-refractivity contribution in [1.82, 2.24) is 5.32 Å². The minimum atomic E-state index is 0.739. The molecule has 1 fully saturated rings. The van der Waals surface area contributed by atoms with Crippen molar-refractivity contribution in [3.05, 3.63) is 35.4 Å². The molecule has 0 unspecified atom stereocenters. The highest BCUT2D eigenvalue weighted by Crippen LogP contribution is 2.35. The van der Waals surface area contributed by atoms with Crippen LogP contribution in [0.2, 0.25) is 0 Å². The van der Waals surface area contributed by atoms with Crippen molar-refractivity contribution in [3.8, 4) is 0 Å². The molecular formula is C16H23N. The third-order valence-corrected chi connectivity index (χ3v) is 4.50. The van der Waals surface area contributed by atoms with Crippen molar-refractivity contribution in [2.24, 2.45) is 0 Å². The summed E-state index contributed by atoms with van der Waals surface area (Å²) in [5, 5.41) is 3.76. The second-order valence-corrected chi connectivity index (χ2v) is 5.61. The lowest BCUT2D eigenvalue weighted by Gasteiger charge is -2.32. The molecule has 1 saturated heterocycles. The van der Waals surface area contributed by atoms with Crippen LogP contribution < -0.4 is 5.32 Å². The first kappa shape index (κ1) is 11.3. The van der Waals surface area contributed by atoms with E-state index in [1.54, 1.807) is 11.1 Å². The van der Waals surface area contributed by atoms with Gasteiger partial charge in [0.25, 0.3) is 0 Å². The van der Waals surface area contributed by atoms with Crippen LogP contribution in [-0.4, -0.2) is 12.6 Å². The van der Waals surface area contributed by atoms with E-state index in [-0.39, 0.29) is 0 Å². The van der Waals surface area contributed by atoms with Gasteiger partial charge in [0.1, 0.15) is 0 Å². The van der Waals surface area contributed by atoms with Crippen molar-refractivity contribution in [2.45, 2.75) is 56.9 Å². The number of nitrogens with one attached hydrogen (secondary N) is 1. The highest BCUT2D eigenvalue weighted by atomic mass is 14.9. The van der Waals surface area contributed by atoms with Crippen LogP contribution in [0.25, 0.3) is 0 Å². The van der Waals surface area contributed by atoms with Gasteiger partial charge in [-0.25, -0.2) is 0 Å². The van der Waals surface area contributed by atoms with Crippen molar-refractivity contribution >= 4 is 0 Å². The Morgan fingerprint density at radius 1 is 0.941 bits per heavy atom. The summed E-state index contributed by atoms with van der Waals surface area (Å²) in [5.74, 6) is 0.772. The number of rotatable bonds is 1. The van der Waals surface area contributed by atoms with Gasteiger partial charge in [-0.2, -0.15) is 0 Å². The van der Waals surface area contributed by atoms with Crippen LogP contribution in [0.4, 0.5) is 0 Å². The summed E-state index contributed by atoms with van der Waals surface area (Å²) >= 11 is 0. The van der Waals surface area contributed by atoms with Crippen LogP contribution in [0.3, 0.4) is 0 Å². The Morgan fingerprint density at radius 3 is 2.71 bits per heavy atom. The molecule has 0 radical (unpaired) electrons. The van der Waals surface area contributed by atoms with Crippen molar-refractivity contribution < 1.29 is 0 Å². The lowest BCUT2D eigenvalue weighted by Crippen LogP contribution is -2.38. The third kappa shape index (κ3) is 2.40. The number of piperidine rings is 1. The van der Waals surface area contributed by atoms with Gasteiger partial charge >= 0.3 is 0 Å². The van der Waals surface area contributed by atoms with Crippen molar-refractivity contribution in [2.75, 3.05) is 6.54 Å². The summed E-state index contributed by atoms with van der Waals surface area (Å²) in [5.41, 5.74) is 3.26. The maximum atomic E-state index is 3.76. The Hall–Kier alpha value is -0.820. The lowest BCUT2D eigenvalue weighted by molar-refractivity contribution is 0.337. The molecule has 1 heterocycles. The molecule has 17 heavy (non-hydrogen) atoms. The number of hydrogen-bond donors (Lipinski definition) is 1. The van der Waals surface area contributed by atoms with E-state index in [1.165, 1.54) is 51.5 Å². The largest absolute Gasteiger partial charge is 0.313 e. The normalized spacial score (nSPS) is 29.4. The van der Waals surface area contributed by atoms with Crippen LogP contribution >= 0.6 is 0 Å². The highest BCUT2D eigenvalue weighted by molar-refractivity contribution is 5.32.